The summed E-state index contributed by atoms with van der Waals surface area (Å²) in [6.07, 6.45) is 0.0944. The zero-order chi connectivity index (χ0) is 20.8. The lowest BCUT2D eigenvalue weighted by molar-refractivity contribution is 0.101. The number of ether oxygens (including phenoxy) is 1. The second kappa shape index (κ2) is 9.06. The first kappa shape index (κ1) is 20.1. The lowest BCUT2D eigenvalue weighted by Gasteiger charge is -2.11. The van der Waals surface area contributed by atoms with E-state index in [0.717, 1.165) is 17.0 Å². The van der Waals surface area contributed by atoms with Gasteiger partial charge in [-0.15, -0.1) is 0 Å². The second-order valence-electron chi connectivity index (χ2n) is 6.99. The second-order valence-corrected chi connectivity index (χ2v) is 6.99. The molecule has 2 N–H and O–H groups in total. The zero-order valence-corrected chi connectivity index (χ0v) is 16.7. The molecule has 0 atom stereocenters. The number of amides is 2. The van der Waals surface area contributed by atoms with Gasteiger partial charge >= 0.3 is 0 Å². The molecule has 0 heterocycles. The fraction of sp³-hybridized carbons (Fsp3) is 0.167. The van der Waals surface area contributed by atoms with E-state index in [9.17, 15) is 9.59 Å². The molecule has 0 radical (unpaired) electrons. The highest BCUT2D eigenvalue weighted by Gasteiger charge is 2.10. The molecule has 0 fully saturated rings. The number of hydrogen-bond donors (Lipinski definition) is 2. The molecule has 29 heavy (non-hydrogen) atoms. The molecule has 3 aromatic rings. The Morgan fingerprint density at radius 1 is 0.759 bits per heavy atom. The van der Waals surface area contributed by atoms with Crippen LogP contribution in [0.4, 0.5) is 11.4 Å². The molecule has 0 aliphatic heterocycles. The number of hydrogen-bond acceptors (Lipinski definition) is 3. The molecule has 5 heteroatoms. The summed E-state index contributed by atoms with van der Waals surface area (Å²) < 4.78 is 5.59. The van der Waals surface area contributed by atoms with Crippen molar-refractivity contribution in [3.63, 3.8) is 0 Å². The van der Waals surface area contributed by atoms with E-state index >= 15 is 0 Å². The van der Waals surface area contributed by atoms with Crippen molar-refractivity contribution in [1.29, 1.82) is 0 Å². The maximum Gasteiger partial charge on any atom is 0.255 e. The first-order valence-corrected chi connectivity index (χ1v) is 9.47. The predicted molar refractivity (Wildman–Crippen MR) is 116 cm³/mol. The van der Waals surface area contributed by atoms with Crippen LogP contribution in [0.3, 0.4) is 0 Å². The SMILES string of the molecule is Cc1ccccc1NC(=O)c1ccc(C(=O)Nc2ccc(OC(C)C)cc2)cc1. The summed E-state index contributed by atoms with van der Waals surface area (Å²) in [4.78, 5) is 24.9. The summed E-state index contributed by atoms with van der Waals surface area (Å²) in [5.74, 6) is 0.294. The Morgan fingerprint density at radius 2 is 1.31 bits per heavy atom. The van der Waals surface area contributed by atoms with Crippen molar-refractivity contribution in [3.8, 4) is 5.75 Å². The topological polar surface area (TPSA) is 67.4 Å². The van der Waals surface area contributed by atoms with Crippen LogP contribution < -0.4 is 15.4 Å². The molecular formula is C24H24N2O3. The van der Waals surface area contributed by atoms with E-state index in [1.807, 2.05) is 57.2 Å². The monoisotopic (exact) mass is 388 g/mol. The van der Waals surface area contributed by atoms with Crippen LogP contribution in [0.5, 0.6) is 5.75 Å². The summed E-state index contributed by atoms with van der Waals surface area (Å²) in [5.41, 5.74) is 3.39. The van der Waals surface area contributed by atoms with E-state index in [-0.39, 0.29) is 17.9 Å². The zero-order valence-electron chi connectivity index (χ0n) is 16.7. The van der Waals surface area contributed by atoms with Gasteiger partial charge in [0.15, 0.2) is 0 Å². The number of rotatable bonds is 6. The van der Waals surface area contributed by atoms with Gasteiger partial charge in [0.05, 0.1) is 6.10 Å². The Kier molecular flexibility index (Phi) is 6.29. The van der Waals surface area contributed by atoms with Crippen molar-refractivity contribution in [2.75, 3.05) is 10.6 Å². The predicted octanol–water partition coefficient (Wildman–Crippen LogP) is 5.29. The van der Waals surface area contributed by atoms with Crippen molar-refractivity contribution < 1.29 is 14.3 Å². The fourth-order valence-corrected chi connectivity index (χ4v) is 2.77. The average molecular weight is 388 g/mol. The summed E-state index contributed by atoms with van der Waals surface area (Å²) in [7, 11) is 0. The largest absolute Gasteiger partial charge is 0.491 e. The van der Waals surface area contributed by atoms with Crippen molar-refractivity contribution >= 4 is 23.2 Å². The Morgan fingerprint density at radius 3 is 1.86 bits per heavy atom. The molecule has 0 aliphatic rings. The van der Waals surface area contributed by atoms with Crippen LogP contribution in [-0.2, 0) is 0 Å². The van der Waals surface area contributed by atoms with Crippen LogP contribution in [0.25, 0.3) is 0 Å². The number of nitrogens with one attached hydrogen (secondary N) is 2. The van der Waals surface area contributed by atoms with E-state index in [2.05, 4.69) is 10.6 Å². The number of carbonyl (C=O) groups is 2. The molecular weight excluding hydrogens is 364 g/mol. The lowest BCUT2D eigenvalue weighted by atomic mass is 10.1. The third-order valence-electron chi connectivity index (χ3n) is 4.29. The number of carbonyl (C=O) groups excluding carboxylic acids is 2. The first-order valence-electron chi connectivity index (χ1n) is 9.47. The lowest BCUT2D eigenvalue weighted by Crippen LogP contribution is -2.14. The highest BCUT2D eigenvalue weighted by Crippen LogP contribution is 2.18. The van der Waals surface area contributed by atoms with Crippen LogP contribution >= 0.6 is 0 Å². The third kappa shape index (κ3) is 5.45. The van der Waals surface area contributed by atoms with E-state index in [4.69, 9.17) is 4.74 Å². The van der Waals surface area contributed by atoms with Crippen LogP contribution in [0.2, 0.25) is 0 Å². The minimum atomic E-state index is -0.242. The Bertz CT molecular complexity index is 993. The number of anilines is 2. The van der Waals surface area contributed by atoms with Crippen molar-refractivity contribution in [2.45, 2.75) is 26.9 Å². The van der Waals surface area contributed by atoms with E-state index < -0.39 is 0 Å². The molecule has 0 saturated heterocycles. The molecule has 0 unspecified atom stereocenters. The molecule has 5 nitrogen and oxygen atoms in total. The van der Waals surface area contributed by atoms with Crippen LogP contribution in [0, 0.1) is 6.92 Å². The van der Waals surface area contributed by atoms with E-state index in [1.165, 1.54) is 0 Å². The maximum absolute atomic E-state index is 12.5. The molecule has 148 valence electrons. The third-order valence-corrected chi connectivity index (χ3v) is 4.29. The summed E-state index contributed by atoms with van der Waals surface area (Å²) >= 11 is 0. The number of benzene rings is 3. The molecule has 0 saturated carbocycles. The number of para-hydroxylation sites is 1. The van der Waals surface area contributed by atoms with Crippen molar-refractivity contribution in [1.82, 2.24) is 0 Å². The summed E-state index contributed by atoms with van der Waals surface area (Å²) in [6.45, 7) is 5.85. The number of aryl methyl sites for hydroxylation is 1. The highest BCUT2D eigenvalue weighted by molar-refractivity contribution is 6.07. The minimum absolute atomic E-state index is 0.0944. The van der Waals surface area contributed by atoms with Gasteiger partial charge in [0.1, 0.15) is 5.75 Å². The average Bonchev–Trinajstić information content (AvgIpc) is 2.71. The molecule has 0 bridgehead atoms. The summed E-state index contributed by atoms with van der Waals surface area (Å²) in [6, 6.07) is 21.3. The van der Waals surface area contributed by atoms with Gasteiger partial charge in [-0.3, -0.25) is 9.59 Å². The quantitative estimate of drug-likeness (QED) is 0.603. The van der Waals surface area contributed by atoms with Crippen molar-refractivity contribution in [2.24, 2.45) is 0 Å². The van der Waals surface area contributed by atoms with E-state index in [0.29, 0.717) is 16.8 Å². The van der Waals surface area contributed by atoms with Gasteiger partial charge in [0.2, 0.25) is 0 Å². The molecule has 2 amide bonds. The maximum atomic E-state index is 12.5. The molecule has 0 aromatic heterocycles. The smallest absolute Gasteiger partial charge is 0.255 e. The van der Waals surface area contributed by atoms with Gasteiger partial charge in [0, 0.05) is 22.5 Å². The van der Waals surface area contributed by atoms with Gasteiger partial charge in [-0.2, -0.15) is 0 Å². The highest BCUT2D eigenvalue weighted by atomic mass is 16.5. The standard InChI is InChI=1S/C24H24N2O3/c1-16(2)29-21-14-12-20(13-15-21)25-23(27)18-8-10-19(11-9-18)24(28)26-22-7-5-4-6-17(22)3/h4-16H,1-3H3,(H,25,27)(H,26,28). The van der Waals surface area contributed by atoms with Crippen LogP contribution in [0.1, 0.15) is 40.1 Å². The molecule has 0 aliphatic carbocycles. The van der Waals surface area contributed by atoms with Crippen molar-refractivity contribution in [3.05, 3.63) is 89.5 Å². The normalized spacial score (nSPS) is 10.5. The fourth-order valence-electron chi connectivity index (χ4n) is 2.77. The molecule has 0 spiro atoms. The van der Waals surface area contributed by atoms with Gasteiger partial charge in [0.25, 0.3) is 11.8 Å². The molecule has 3 aromatic carbocycles. The Balaban J connectivity index is 1.62. The van der Waals surface area contributed by atoms with Gasteiger partial charge in [-0.25, -0.2) is 0 Å². The van der Waals surface area contributed by atoms with Gasteiger partial charge in [-0.1, -0.05) is 18.2 Å². The van der Waals surface area contributed by atoms with Crippen LogP contribution in [0.15, 0.2) is 72.8 Å². The Labute approximate surface area is 170 Å². The van der Waals surface area contributed by atoms with Gasteiger partial charge < -0.3 is 15.4 Å². The van der Waals surface area contributed by atoms with Gasteiger partial charge in [-0.05, 0) is 80.9 Å². The van der Waals surface area contributed by atoms with Crippen LogP contribution in [-0.4, -0.2) is 17.9 Å². The minimum Gasteiger partial charge on any atom is -0.491 e. The molecule has 3 rings (SSSR count). The van der Waals surface area contributed by atoms with E-state index in [1.54, 1.807) is 36.4 Å². The Hall–Kier alpha value is -3.60. The first-order chi connectivity index (χ1) is 13.9. The summed E-state index contributed by atoms with van der Waals surface area (Å²) in [5, 5.41) is 5.72.